The van der Waals surface area contributed by atoms with E-state index in [-0.39, 0.29) is 22.8 Å². The van der Waals surface area contributed by atoms with Gasteiger partial charge in [0.25, 0.3) is 16.8 Å². The van der Waals surface area contributed by atoms with Crippen LogP contribution >= 0.6 is 35.0 Å². The van der Waals surface area contributed by atoms with Gasteiger partial charge in [-0.2, -0.15) is 0 Å². The van der Waals surface area contributed by atoms with Gasteiger partial charge in [-0.3, -0.25) is 29.4 Å². The average molecular weight is 543 g/mol. The number of ether oxygens (including phenoxy) is 1. The van der Waals surface area contributed by atoms with Crippen LogP contribution in [-0.2, 0) is 11.4 Å². The van der Waals surface area contributed by atoms with Crippen molar-refractivity contribution in [3.05, 3.63) is 108 Å². The van der Waals surface area contributed by atoms with E-state index in [1.165, 1.54) is 30.3 Å². The number of nitro benzene ring substituents is 1. The van der Waals surface area contributed by atoms with Crippen LogP contribution in [0.25, 0.3) is 6.08 Å². The quantitative estimate of drug-likeness (QED) is 0.140. The molecule has 0 bridgehead atoms. The molecule has 2 amide bonds. The lowest BCUT2D eigenvalue weighted by Gasteiger charge is -2.12. The van der Waals surface area contributed by atoms with Crippen molar-refractivity contribution in [1.82, 2.24) is 4.90 Å². The zero-order chi connectivity index (χ0) is 25.8. The van der Waals surface area contributed by atoms with Crippen molar-refractivity contribution < 1.29 is 24.0 Å². The first-order valence-corrected chi connectivity index (χ1v) is 12.0. The van der Waals surface area contributed by atoms with Crippen LogP contribution in [0.5, 0.6) is 5.75 Å². The number of rotatable bonds is 8. The molecule has 3 aromatic carbocycles. The molecule has 0 aliphatic carbocycles. The number of Topliss-reactive ketones (excluding diaryl/α,β-unsaturated/α-hetero) is 1. The molecule has 1 heterocycles. The highest BCUT2D eigenvalue weighted by molar-refractivity contribution is 8.18. The van der Waals surface area contributed by atoms with E-state index >= 15 is 0 Å². The maximum Gasteiger partial charge on any atom is 0.293 e. The van der Waals surface area contributed by atoms with E-state index < -0.39 is 28.4 Å². The van der Waals surface area contributed by atoms with Crippen molar-refractivity contribution in [3.63, 3.8) is 0 Å². The summed E-state index contributed by atoms with van der Waals surface area (Å²) in [6, 6.07) is 17.0. The van der Waals surface area contributed by atoms with Crippen LogP contribution in [-0.4, -0.2) is 33.3 Å². The molecule has 0 saturated carbocycles. The highest BCUT2D eigenvalue weighted by Crippen LogP contribution is 2.34. The predicted octanol–water partition coefficient (Wildman–Crippen LogP) is 6.40. The summed E-state index contributed by atoms with van der Waals surface area (Å²) in [6.45, 7) is -0.320. The van der Waals surface area contributed by atoms with E-state index in [0.717, 1.165) is 10.5 Å². The number of non-ortho nitro benzene ring substituents is 1. The van der Waals surface area contributed by atoms with Gasteiger partial charge in [0.05, 0.1) is 16.4 Å². The SMILES string of the molecule is O=C(CN1C(=O)S/C(=C/c2ccccc2OCc2ccc(Cl)cc2Cl)C1=O)c1ccc([N+](=O)[O-])cc1. The monoisotopic (exact) mass is 542 g/mol. The zero-order valence-electron chi connectivity index (χ0n) is 18.4. The number of carbonyl (C=O) groups excluding carboxylic acids is 3. The van der Waals surface area contributed by atoms with Crippen molar-refractivity contribution in [2.45, 2.75) is 6.61 Å². The Kier molecular flexibility index (Phi) is 7.73. The van der Waals surface area contributed by atoms with Crippen LogP contribution in [0.15, 0.2) is 71.6 Å². The molecule has 1 saturated heterocycles. The number of nitrogens with zero attached hydrogens (tertiary/aromatic N) is 2. The number of para-hydroxylation sites is 1. The first kappa shape index (κ1) is 25.4. The number of carbonyl (C=O) groups is 3. The fraction of sp³-hybridized carbons (Fsp3) is 0.0800. The molecule has 0 radical (unpaired) electrons. The number of hydrogen-bond acceptors (Lipinski definition) is 7. The van der Waals surface area contributed by atoms with E-state index in [1.54, 1.807) is 42.5 Å². The maximum absolute atomic E-state index is 12.9. The number of ketones is 1. The number of hydrogen-bond donors (Lipinski definition) is 0. The molecule has 8 nitrogen and oxygen atoms in total. The Morgan fingerprint density at radius 3 is 2.47 bits per heavy atom. The summed E-state index contributed by atoms with van der Waals surface area (Å²) in [4.78, 5) is 49.2. The molecule has 4 rings (SSSR count). The van der Waals surface area contributed by atoms with E-state index in [1.807, 2.05) is 0 Å². The molecule has 0 unspecified atom stereocenters. The van der Waals surface area contributed by atoms with Gasteiger partial charge in [0.2, 0.25) is 0 Å². The second-order valence-corrected chi connectivity index (χ2v) is 9.39. The van der Waals surface area contributed by atoms with Gasteiger partial charge < -0.3 is 4.74 Å². The average Bonchev–Trinajstić information content (AvgIpc) is 3.11. The number of thioether (sulfide) groups is 1. The fourth-order valence-corrected chi connectivity index (χ4v) is 4.60. The Labute approximate surface area is 219 Å². The van der Waals surface area contributed by atoms with Gasteiger partial charge in [-0.25, -0.2) is 0 Å². The molecule has 0 aromatic heterocycles. The summed E-state index contributed by atoms with van der Waals surface area (Å²) < 4.78 is 5.90. The predicted molar refractivity (Wildman–Crippen MR) is 137 cm³/mol. The second kappa shape index (κ2) is 10.9. The smallest absolute Gasteiger partial charge is 0.293 e. The topological polar surface area (TPSA) is 107 Å². The van der Waals surface area contributed by atoms with Crippen molar-refractivity contribution >= 4 is 63.7 Å². The van der Waals surface area contributed by atoms with Gasteiger partial charge in [0.15, 0.2) is 5.78 Å². The summed E-state index contributed by atoms with van der Waals surface area (Å²) in [5.41, 5.74) is 1.28. The fourth-order valence-electron chi connectivity index (χ4n) is 3.31. The van der Waals surface area contributed by atoms with Crippen LogP contribution in [0.1, 0.15) is 21.5 Å². The Balaban J connectivity index is 1.48. The van der Waals surface area contributed by atoms with Gasteiger partial charge in [-0.1, -0.05) is 47.5 Å². The molecule has 0 atom stereocenters. The molecular weight excluding hydrogens is 527 g/mol. The summed E-state index contributed by atoms with van der Waals surface area (Å²) in [6.07, 6.45) is 1.53. The molecule has 1 fully saturated rings. The Bertz CT molecular complexity index is 1410. The molecule has 182 valence electrons. The Morgan fingerprint density at radius 2 is 1.78 bits per heavy atom. The standard InChI is InChI=1S/C25H16Cl2N2O6S/c26-18-8-5-17(20(27)12-18)14-35-22-4-2-1-3-16(22)11-23-24(31)28(25(32)36-23)13-21(30)15-6-9-19(10-7-15)29(33)34/h1-12H,13-14H2/b23-11+. The van der Waals surface area contributed by atoms with E-state index in [9.17, 15) is 24.5 Å². The van der Waals surface area contributed by atoms with E-state index in [2.05, 4.69) is 0 Å². The van der Waals surface area contributed by atoms with Crippen LogP contribution in [0.2, 0.25) is 10.0 Å². The molecular formula is C25H16Cl2N2O6S. The van der Waals surface area contributed by atoms with Gasteiger partial charge >= 0.3 is 0 Å². The van der Waals surface area contributed by atoms with Gasteiger partial charge in [0, 0.05) is 38.9 Å². The third-order valence-electron chi connectivity index (χ3n) is 5.18. The number of benzene rings is 3. The van der Waals surface area contributed by atoms with Crippen molar-refractivity contribution in [1.29, 1.82) is 0 Å². The molecule has 1 aliphatic heterocycles. The van der Waals surface area contributed by atoms with Crippen LogP contribution < -0.4 is 4.74 Å². The Morgan fingerprint density at radius 1 is 1.06 bits per heavy atom. The van der Waals surface area contributed by atoms with Crippen molar-refractivity contribution in [2.24, 2.45) is 0 Å². The van der Waals surface area contributed by atoms with Crippen LogP contribution in [0.3, 0.4) is 0 Å². The second-order valence-electron chi connectivity index (χ2n) is 7.56. The maximum atomic E-state index is 12.9. The van der Waals surface area contributed by atoms with Gasteiger partial charge in [-0.15, -0.1) is 0 Å². The summed E-state index contributed by atoms with van der Waals surface area (Å²) in [5, 5.41) is 11.2. The number of amides is 2. The van der Waals surface area contributed by atoms with E-state index in [4.69, 9.17) is 27.9 Å². The minimum Gasteiger partial charge on any atom is -0.488 e. The summed E-state index contributed by atoms with van der Waals surface area (Å²) >= 11 is 12.9. The lowest BCUT2D eigenvalue weighted by atomic mass is 10.1. The minimum atomic E-state index is -0.615. The molecule has 3 aromatic rings. The molecule has 11 heteroatoms. The van der Waals surface area contributed by atoms with Gasteiger partial charge in [-0.05, 0) is 48.2 Å². The third kappa shape index (κ3) is 5.76. The Hall–Kier alpha value is -3.66. The third-order valence-corrected chi connectivity index (χ3v) is 6.67. The first-order valence-electron chi connectivity index (χ1n) is 10.4. The summed E-state index contributed by atoms with van der Waals surface area (Å²) in [5.74, 6) is -0.662. The molecule has 0 N–H and O–H groups in total. The highest BCUT2D eigenvalue weighted by atomic mass is 35.5. The molecule has 36 heavy (non-hydrogen) atoms. The molecule has 1 aliphatic rings. The summed E-state index contributed by atoms with van der Waals surface area (Å²) in [7, 11) is 0. The highest BCUT2D eigenvalue weighted by Gasteiger charge is 2.36. The lowest BCUT2D eigenvalue weighted by molar-refractivity contribution is -0.384. The number of imide groups is 1. The van der Waals surface area contributed by atoms with Crippen molar-refractivity contribution in [3.8, 4) is 5.75 Å². The molecule has 0 spiro atoms. The lowest BCUT2D eigenvalue weighted by Crippen LogP contribution is -2.33. The number of nitro groups is 1. The van der Waals surface area contributed by atoms with Gasteiger partial charge in [0.1, 0.15) is 12.4 Å². The van der Waals surface area contributed by atoms with E-state index in [0.29, 0.717) is 33.1 Å². The van der Waals surface area contributed by atoms with Crippen LogP contribution in [0, 0.1) is 10.1 Å². The van der Waals surface area contributed by atoms with Crippen LogP contribution in [0.4, 0.5) is 10.5 Å². The number of halogens is 2. The zero-order valence-corrected chi connectivity index (χ0v) is 20.7. The largest absolute Gasteiger partial charge is 0.488 e. The minimum absolute atomic E-state index is 0.136. The first-order chi connectivity index (χ1) is 17.2. The van der Waals surface area contributed by atoms with Crippen molar-refractivity contribution in [2.75, 3.05) is 6.54 Å². The normalized spacial score (nSPS) is 14.4.